The summed E-state index contributed by atoms with van der Waals surface area (Å²) in [5.74, 6) is 0.775. The van der Waals surface area contributed by atoms with Crippen molar-refractivity contribution in [1.29, 1.82) is 0 Å². The van der Waals surface area contributed by atoms with Gasteiger partial charge in [0.1, 0.15) is 0 Å². The van der Waals surface area contributed by atoms with Crippen LogP contribution in [0.4, 0.5) is 0 Å². The maximum Gasteiger partial charge on any atom is 0.0850 e. The van der Waals surface area contributed by atoms with Gasteiger partial charge in [-0.3, -0.25) is 4.68 Å². The molecule has 2 rings (SSSR count). The molecule has 1 aromatic heterocycles. The molecule has 120 valence electrons. The molecule has 4 nitrogen and oxygen atoms in total. The maximum atomic E-state index is 6.45. The molecule has 1 saturated carbocycles. The van der Waals surface area contributed by atoms with E-state index in [4.69, 9.17) is 16.3 Å². The van der Waals surface area contributed by atoms with Gasteiger partial charge in [-0.25, -0.2) is 0 Å². The van der Waals surface area contributed by atoms with Gasteiger partial charge in [0.15, 0.2) is 0 Å². The first-order valence-corrected chi connectivity index (χ1v) is 8.45. The monoisotopic (exact) mass is 313 g/mol. The van der Waals surface area contributed by atoms with Crippen molar-refractivity contribution >= 4 is 11.6 Å². The first-order valence-electron chi connectivity index (χ1n) is 8.08. The fraction of sp³-hybridized carbons (Fsp3) is 0.812. The van der Waals surface area contributed by atoms with E-state index in [0.717, 1.165) is 41.8 Å². The standard InChI is InChI=1S/C16H28ClN3O/c1-5-14-16(17)15(20(4)19-14)10-12(18-3)7-11-8-13(9-11)21-6-2/h11-13,18H,5-10H2,1-4H3. The minimum Gasteiger partial charge on any atom is -0.378 e. The predicted octanol–water partition coefficient (Wildman–Crippen LogP) is 2.97. The largest absolute Gasteiger partial charge is 0.378 e. The highest BCUT2D eigenvalue weighted by Gasteiger charge is 2.31. The van der Waals surface area contributed by atoms with Crippen LogP contribution in [0.3, 0.4) is 0 Å². The number of hydrogen-bond donors (Lipinski definition) is 1. The summed E-state index contributed by atoms with van der Waals surface area (Å²) >= 11 is 6.45. The highest BCUT2D eigenvalue weighted by molar-refractivity contribution is 6.31. The topological polar surface area (TPSA) is 39.1 Å². The van der Waals surface area contributed by atoms with Crippen LogP contribution in [0.2, 0.25) is 5.02 Å². The van der Waals surface area contributed by atoms with E-state index in [1.807, 2.05) is 18.8 Å². The van der Waals surface area contributed by atoms with E-state index in [9.17, 15) is 0 Å². The van der Waals surface area contributed by atoms with Crippen LogP contribution in [0.5, 0.6) is 0 Å². The summed E-state index contributed by atoms with van der Waals surface area (Å²) in [4.78, 5) is 0. The normalized spacial score (nSPS) is 23.1. The lowest BCUT2D eigenvalue weighted by molar-refractivity contribution is -0.0288. The van der Waals surface area contributed by atoms with Gasteiger partial charge >= 0.3 is 0 Å². The van der Waals surface area contributed by atoms with Crippen molar-refractivity contribution in [2.75, 3.05) is 13.7 Å². The molecule has 0 bridgehead atoms. The molecule has 21 heavy (non-hydrogen) atoms. The first-order chi connectivity index (χ1) is 10.1. The van der Waals surface area contributed by atoms with Crippen molar-refractivity contribution in [3.8, 4) is 0 Å². The molecule has 1 heterocycles. The van der Waals surface area contributed by atoms with E-state index in [1.54, 1.807) is 0 Å². The average Bonchev–Trinajstić information content (AvgIpc) is 2.70. The number of hydrogen-bond acceptors (Lipinski definition) is 3. The summed E-state index contributed by atoms with van der Waals surface area (Å²) in [6, 6.07) is 0.454. The molecule has 0 spiro atoms. The van der Waals surface area contributed by atoms with Crippen LogP contribution in [0.1, 0.15) is 44.5 Å². The zero-order chi connectivity index (χ0) is 15.4. The van der Waals surface area contributed by atoms with Gasteiger partial charge in [0, 0.05) is 26.1 Å². The molecule has 1 aliphatic carbocycles. The van der Waals surface area contributed by atoms with Crippen LogP contribution < -0.4 is 5.32 Å². The quantitative estimate of drug-likeness (QED) is 0.802. The Morgan fingerprint density at radius 1 is 1.43 bits per heavy atom. The van der Waals surface area contributed by atoms with Gasteiger partial charge in [0.2, 0.25) is 0 Å². The van der Waals surface area contributed by atoms with Crippen LogP contribution in [0, 0.1) is 5.92 Å². The first kappa shape index (κ1) is 16.8. The summed E-state index contributed by atoms with van der Waals surface area (Å²) in [5.41, 5.74) is 2.15. The molecular weight excluding hydrogens is 286 g/mol. The second-order valence-corrected chi connectivity index (χ2v) is 6.40. The van der Waals surface area contributed by atoms with Crippen molar-refractivity contribution in [3.05, 3.63) is 16.4 Å². The van der Waals surface area contributed by atoms with Crippen LogP contribution >= 0.6 is 11.6 Å². The predicted molar refractivity (Wildman–Crippen MR) is 86.9 cm³/mol. The maximum absolute atomic E-state index is 6.45. The molecule has 0 aromatic carbocycles. The van der Waals surface area contributed by atoms with Crippen LogP contribution in [0.25, 0.3) is 0 Å². The molecule has 1 N–H and O–H groups in total. The van der Waals surface area contributed by atoms with Crippen molar-refractivity contribution in [2.45, 2.75) is 58.1 Å². The lowest BCUT2D eigenvalue weighted by Gasteiger charge is -2.37. The molecule has 0 aliphatic heterocycles. The third kappa shape index (κ3) is 3.99. The molecule has 0 saturated heterocycles. The minimum absolute atomic E-state index is 0.454. The Morgan fingerprint density at radius 3 is 2.67 bits per heavy atom. The number of halogens is 1. The lowest BCUT2D eigenvalue weighted by atomic mass is 9.77. The van der Waals surface area contributed by atoms with E-state index < -0.39 is 0 Å². The number of rotatable bonds is 8. The number of likely N-dealkylation sites (N-methyl/N-ethyl adjacent to an activating group) is 1. The van der Waals surface area contributed by atoms with Gasteiger partial charge in [0.25, 0.3) is 0 Å². The molecule has 1 atom stereocenters. The van der Waals surface area contributed by atoms with Gasteiger partial charge in [-0.15, -0.1) is 0 Å². The van der Waals surface area contributed by atoms with E-state index in [0.29, 0.717) is 12.1 Å². The summed E-state index contributed by atoms with van der Waals surface area (Å²) in [7, 11) is 4.02. The molecule has 1 aromatic rings. The van der Waals surface area contributed by atoms with Gasteiger partial charge < -0.3 is 10.1 Å². The third-order valence-corrected chi connectivity index (χ3v) is 5.00. The molecule has 0 amide bonds. The Labute approximate surface area is 133 Å². The highest BCUT2D eigenvalue weighted by atomic mass is 35.5. The number of ether oxygens (including phenoxy) is 1. The van der Waals surface area contributed by atoms with E-state index in [-0.39, 0.29) is 0 Å². The SMILES string of the molecule is CCOC1CC(CC(Cc2c(Cl)c(CC)nn2C)NC)C1. The Morgan fingerprint density at radius 2 is 2.14 bits per heavy atom. The third-order valence-electron chi connectivity index (χ3n) is 4.56. The Kier molecular flexibility index (Phi) is 6.08. The zero-order valence-electron chi connectivity index (χ0n) is 13.7. The molecule has 5 heteroatoms. The average molecular weight is 314 g/mol. The van der Waals surface area contributed by atoms with Gasteiger partial charge in [0.05, 0.1) is 22.5 Å². The van der Waals surface area contributed by atoms with Crippen molar-refractivity contribution in [1.82, 2.24) is 15.1 Å². The number of aromatic nitrogens is 2. The van der Waals surface area contributed by atoms with E-state index in [1.165, 1.54) is 19.3 Å². The fourth-order valence-electron chi connectivity index (χ4n) is 3.22. The summed E-state index contributed by atoms with van der Waals surface area (Å²) < 4.78 is 7.58. The van der Waals surface area contributed by atoms with Crippen LogP contribution in [0.15, 0.2) is 0 Å². The number of nitrogens with zero attached hydrogens (tertiary/aromatic N) is 2. The number of nitrogens with one attached hydrogen (secondary N) is 1. The lowest BCUT2D eigenvalue weighted by Crippen LogP contribution is -2.38. The van der Waals surface area contributed by atoms with Gasteiger partial charge in [-0.1, -0.05) is 18.5 Å². The Bertz CT molecular complexity index is 455. The van der Waals surface area contributed by atoms with Gasteiger partial charge in [-0.2, -0.15) is 5.10 Å². The summed E-state index contributed by atoms with van der Waals surface area (Å²) in [6.45, 7) is 4.99. The minimum atomic E-state index is 0.454. The van der Waals surface area contributed by atoms with Crippen molar-refractivity contribution < 1.29 is 4.74 Å². The molecule has 1 aliphatic rings. The summed E-state index contributed by atoms with van der Waals surface area (Å²) in [5, 5.41) is 8.79. The van der Waals surface area contributed by atoms with E-state index in [2.05, 4.69) is 24.3 Å². The van der Waals surface area contributed by atoms with Gasteiger partial charge in [-0.05, 0) is 45.6 Å². The zero-order valence-corrected chi connectivity index (χ0v) is 14.4. The molecule has 1 unspecified atom stereocenters. The molecular formula is C16H28ClN3O. The highest BCUT2D eigenvalue weighted by Crippen LogP contribution is 2.34. The smallest absolute Gasteiger partial charge is 0.0850 e. The fourth-order valence-corrected chi connectivity index (χ4v) is 3.59. The second-order valence-electron chi connectivity index (χ2n) is 6.02. The number of aryl methyl sites for hydroxylation is 2. The van der Waals surface area contributed by atoms with Crippen molar-refractivity contribution in [3.63, 3.8) is 0 Å². The Hall–Kier alpha value is -0.580. The molecule has 0 radical (unpaired) electrons. The second kappa shape index (κ2) is 7.61. The summed E-state index contributed by atoms with van der Waals surface area (Å²) in [6.07, 6.45) is 5.90. The Balaban J connectivity index is 1.90. The van der Waals surface area contributed by atoms with Crippen LogP contribution in [-0.4, -0.2) is 35.6 Å². The molecule has 1 fully saturated rings. The van der Waals surface area contributed by atoms with Crippen molar-refractivity contribution in [2.24, 2.45) is 13.0 Å². The van der Waals surface area contributed by atoms with E-state index >= 15 is 0 Å². The van der Waals surface area contributed by atoms with Crippen LogP contribution in [-0.2, 0) is 24.6 Å².